The summed E-state index contributed by atoms with van der Waals surface area (Å²) >= 11 is 0. The maximum absolute atomic E-state index is 11.2. The van der Waals surface area contributed by atoms with Gasteiger partial charge in [0.15, 0.2) is 11.3 Å². The van der Waals surface area contributed by atoms with E-state index in [4.69, 9.17) is 14.9 Å². The summed E-state index contributed by atoms with van der Waals surface area (Å²) in [6.45, 7) is 0. The standard InChI is InChI=1S/C16H14N2O3/c17-12-7-15-13(18-16(19)21-15)8-14(12)20-11-5-4-9-2-1-3-10(9)6-11/h4-8H,1-3,17H2,(H,18,19). The summed E-state index contributed by atoms with van der Waals surface area (Å²) in [5.74, 6) is 0.768. The second kappa shape index (κ2) is 4.41. The number of nitrogens with two attached hydrogens (primary N) is 1. The summed E-state index contributed by atoms with van der Waals surface area (Å²) in [5, 5.41) is 0. The molecule has 5 heteroatoms. The summed E-state index contributed by atoms with van der Waals surface area (Å²) in [5.41, 5.74) is 10.1. The Bertz CT molecular complexity index is 892. The first-order valence-corrected chi connectivity index (χ1v) is 6.91. The van der Waals surface area contributed by atoms with Gasteiger partial charge in [0.25, 0.3) is 0 Å². The molecule has 1 aliphatic carbocycles. The Kier molecular flexibility index (Phi) is 2.54. The van der Waals surface area contributed by atoms with Crippen molar-refractivity contribution < 1.29 is 9.15 Å². The average molecular weight is 282 g/mol. The van der Waals surface area contributed by atoms with Crippen LogP contribution in [0.3, 0.4) is 0 Å². The van der Waals surface area contributed by atoms with Gasteiger partial charge in [-0.25, -0.2) is 4.79 Å². The second-order valence-electron chi connectivity index (χ2n) is 5.29. The van der Waals surface area contributed by atoms with Gasteiger partial charge < -0.3 is 14.9 Å². The maximum Gasteiger partial charge on any atom is 0.417 e. The fraction of sp³-hybridized carbons (Fsp3) is 0.188. The van der Waals surface area contributed by atoms with Crippen molar-refractivity contribution in [1.29, 1.82) is 0 Å². The van der Waals surface area contributed by atoms with E-state index in [0.29, 0.717) is 22.5 Å². The van der Waals surface area contributed by atoms with Crippen LogP contribution in [0.2, 0.25) is 0 Å². The minimum Gasteiger partial charge on any atom is -0.455 e. The molecule has 4 rings (SSSR count). The Hall–Kier alpha value is -2.69. The van der Waals surface area contributed by atoms with Crippen LogP contribution in [0, 0.1) is 0 Å². The summed E-state index contributed by atoms with van der Waals surface area (Å²) in [7, 11) is 0. The summed E-state index contributed by atoms with van der Waals surface area (Å²) < 4.78 is 10.8. The number of hydrogen-bond acceptors (Lipinski definition) is 4. The molecule has 5 nitrogen and oxygen atoms in total. The van der Waals surface area contributed by atoms with Crippen molar-refractivity contribution in [3.05, 3.63) is 52.0 Å². The monoisotopic (exact) mass is 282 g/mol. The lowest BCUT2D eigenvalue weighted by Crippen LogP contribution is -1.94. The molecule has 3 N–H and O–H groups in total. The van der Waals surface area contributed by atoms with Crippen LogP contribution < -0.4 is 16.2 Å². The SMILES string of the molecule is Nc1cc2oc(=O)[nH]c2cc1Oc1ccc2c(c1)CCC2. The van der Waals surface area contributed by atoms with Crippen LogP contribution >= 0.6 is 0 Å². The molecule has 0 amide bonds. The van der Waals surface area contributed by atoms with Crippen LogP contribution in [-0.4, -0.2) is 4.98 Å². The van der Waals surface area contributed by atoms with Gasteiger partial charge in [-0.1, -0.05) is 6.07 Å². The van der Waals surface area contributed by atoms with Crippen LogP contribution in [0.4, 0.5) is 5.69 Å². The van der Waals surface area contributed by atoms with Crippen molar-refractivity contribution in [1.82, 2.24) is 4.98 Å². The molecule has 1 aliphatic rings. The number of anilines is 1. The van der Waals surface area contributed by atoms with E-state index < -0.39 is 5.76 Å². The van der Waals surface area contributed by atoms with Gasteiger partial charge in [-0.3, -0.25) is 4.98 Å². The van der Waals surface area contributed by atoms with Crippen LogP contribution in [0.1, 0.15) is 17.5 Å². The molecule has 1 aromatic heterocycles. The lowest BCUT2D eigenvalue weighted by atomic mass is 10.1. The molecule has 3 aromatic rings. The zero-order valence-electron chi connectivity index (χ0n) is 11.3. The molecule has 0 atom stereocenters. The van der Waals surface area contributed by atoms with Gasteiger partial charge >= 0.3 is 5.76 Å². The topological polar surface area (TPSA) is 81.2 Å². The van der Waals surface area contributed by atoms with Crippen LogP contribution in [-0.2, 0) is 12.8 Å². The van der Waals surface area contributed by atoms with E-state index in [2.05, 4.69) is 17.1 Å². The number of benzene rings is 2. The van der Waals surface area contributed by atoms with Crippen molar-refractivity contribution in [3.8, 4) is 11.5 Å². The number of aromatic nitrogens is 1. The number of hydrogen-bond donors (Lipinski definition) is 2. The number of aromatic amines is 1. The highest BCUT2D eigenvalue weighted by molar-refractivity contribution is 5.80. The molecule has 0 saturated heterocycles. The Labute approximate surface area is 120 Å². The highest BCUT2D eigenvalue weighted by Gasteiger charge is 2.13. The van der Waals surface area contributed by atoms with Crippen molar-refractivity contribution in [2.24, 2.45) is 0 Å². The molecule has 21 heavy (non-hydrogen) atoms. The number of rotatable bonds is 2. The number of nitrogen functional groups attached to an aromatic ring is 1. The Morgan fingerprint density at radius 3 is 2.90 bits per heavy atom. The van der Waals surface area contributed by atoms with E-state index in [9.17, 15) is 4.79 Å². The third kappa shape index (κ3) is 2.07. The summed E-state index contributed by atoms with van der Waals surface area (Å²) in [4.78, 5) is 13.8. The first kappa shape index (κ1) is 12.1. The Morgan fingerprint density at radius 1 is 1.14 bits per heavy atom. The normalized spacial score (nSPS) is 13.5. The van der Waals surface area contributed by atoms with Crippen LogP contribution in [0.5, 0.6) is 11.5 Å². The summed E-state index contributed by atoms with van der Waals surface area (Å²) in [6.07, 6.45) is 3.43. The molecule has 1 heterocycles. The molecule has 2 aromatic carbocycles. The molecular weight excluding hydrogens is 268 g/mol. The first-order chi connectivity index (χ1) is 10.2. The Morgan fingerprint density at radius 2 is 2.00 bits per heavy atom. The fourth-order valence-corrected chi connectivity index (χ4v) is 2.82. The maximum atomic E-state index is 11.2. The number of fused-ring (bicyclic) bond motifs is 2. The van der Waals surface area contributed by atoms with Gasteiger partial charge in [-0.15, -0.1) is 0 Å². The van der Waals surface area contributed by atoms with Crippen molar-refractivity contribution in [2.75, 3.05) is 5.73 Å². The van der Waals surface area contributed by atoms with Crippen molar-refractivity contribution in [3.63, 3.8) is 0 Å². The molecule has 0 unspecified atom stereocenters. The predicted molar refractivity (Wildman–Crippen MR) is 79.8 cm³/mol. The van der Waals surface area contributed by atoms with Crippen LogP contribution in [0.25, 0.3) is 11.1 Å². The third-order valence-electron chi connectivity index (χ3n) is 3.85. The number of aryl methyl sites for hydroxylation is 2. The molecular formula is C16H14N2O3. The minimum absolute atomic E-state index is 0.429. The smallest absolute Gasteiger partial charge is 0.417 e. The van der Waals surface area contributed by atoms with E-state index in [1.807, 2.05) is 6.07 Å². The number of oxazole rings is 1. The molecule has 0 aliphatic heterocycles. The van der Waals surface area contributed by atoms with Gasteiger partial charge in [-0.2, -0.15) is 0 Å². The molecule has 0 saturated carbocycles. The number of nitrogens with one attached hydrogen (secondary N) is 1. The lowest BCUT2D eigenvalue weighted by Gasteiger charge is -2.09. The zero-order chi connectivity index (χ0) is 14.4. The molecule has 0 bridgehead atoms. The van der Waals surface area contributed by atoms with E-state index in [0.717, 1.165) is 18.6 Å². The zero-order valence-corrected chi connectivity index (χ0v) is 11.3. The average Bonchev–Trinajstić information content (AvgIpc) is 3.04. The van der Waals surface area contributed by atoms with Gasteiger partial charge in [0.05, 0.1) is 11.2 Å². The highest BCUT2D eigenvalue weighted by atomic mass is 16.5. The Balaban J connectivity index is 1.73. The van der Waals surface area contributed by atoms with Gasteiger partial charge in [-0.05, 0) is 42.5 Å². The molecule has 0 spiro atoms. The van der Waals surface area contributed by atoms with Gasteiger partial charge in [0.1, 0.15) is 5.75 Å². The number of ether oxygens (including phenoxy) is 1. The van der Waals surface area contributed by atoms with Gasteiger partial charge in [0.2, 0.25) is 0 Å². The van der Waals surface area contributed by atoms with Crippen molar-refractivity contribution >= 4 is 16.8 Å². The first-order valence-electron chi connectivity index (χ1n) is 6.91. The highest BCUT2D eigenvalue weighted by Crippen LogP contribution is 2.33. The minimum atomic E-state index is -0.501. The fourth-order valence-electron chi connectivity index (χ4n) is 2.82. The van der Waals surface area contributed by atoms with Gasteiger partial charge in [0, 0.05) is 12.1 Å². The lowest BCUT2D eigenvalue weighted by molar-refractivity contribution is 0.485. The quantitative estimate of drug-likeness (QED) is 0.708. The van der Waals surface area contributed by atoms with Crippen LogP contribution in [0.15, 0.2) is 39.5 Å². The second-order valence-corrected chi connectivity index (χ2v) is 5.29. The molecule has 0 radical (unpaired) electrons. The van der Waals surface area contributed by atoms with E-state index in [1.165, 1.54) is 17.5 Å². The summed E-state index contributed by atoms with van der Waals surface area (Å²) in [6, 6.07) is 9.39. The van der Waals surface area contributed by atoms with E-state index in [1.54, 1.807) is 12.1 Å². The third-order valence-corrected chi connectivity index (χ3v) is 3.85. The van der Waals surface area contributed by atoms with E-state index in [-0.39, 0.29) is 0 Å². The van der Waals surface area contributed by atoms with E-state index >= 15 is 0 Å². The largest absolute Gasteiger partial charge is 0.455 e. The van der Waals surface area contributed by atoms with Crippen molar-refractivity contribution in [2.45, 2.75) is 19.3 Å². The predicted octanol–water partition coefficient (Wildman–Crippen LogP) is 2.98. The molecule has 0 fully saturated rings. The molecule has 106 valence electrons. The number of H-pyrrole nitrogens is 1.